The van der Waals surface area contributed by atoms with Crippen molar-refractivity contribution >= 4 is 0 Å². The first-order chi connectivity index (χ1) is 4.77. The number of hydrogen-bond acceptors (Lipinski definition) is 3. The maximum Gasteiger partial charge on any atom is 0.0794 e. The number of aliphatic hydroxyl groups is 1. The molecule has 1 rings (SSSR count). The van der Waals surface area contributed by atoms with Crippen LogP contribution in [0.3, 0.4) is 0 Å². The largest absolute Gasteiger partial charge is 0.388 e. The highest BCUT2D eigenvalue weighted by molar-refractivity contribution is 4.82. The van der Waals surface area contributed by atoms with Gasteiger partial charge in [-0.25, -0.2) is 5.48 Å². The summed E-state index contributed by atoms with van der Waals surface area (Å²) in [6.07, 6.45) is 5.02. The fraction of sp³-hybridized carbons (Fsp3) is 1.00. The van der Waals surface area contributed by atoms with Crippen LogP contribution in [0.4, 0.5) is 0 Å². The highest BCUT2D eigenvalue weighted by Gasteiger charge is 2.28. The van der Waals surface area contributed by atoms with Crippen LogP contribution in [0.5, 0.6) is 0 Å². The molecule has 1 aliphatic rings. The fourth-order valence-corrected chi connectivity index (χ4v) is 1.53. The molecular formula is C7H15NO2. The molecule has 0 aromatic carbocycles. The van der Waals surface area contributed by atoms with E-state index in [1.165, 1.54) is 6.42 Å². The fourth-order valence-electron chi connectivity index (χ4n) is 1.53. The topological polar surface area (TPSA) is 52.5 Å². The Morgan fingerprint density at radius 2 is 1.80 bits per heavy atom. The zero-order valence-electron chi connectivity index (χ0n) is 6.14. The third-order valence-electron chi connectivity index (χ3n) is 2.19. The zero-order chi connectivity index (χ0) is 7.45. The van der Waals surface area contributed by atoms with Gasteiger partial charge < -0.3 is 10.3 Å². The molecule has 1 aliphatic carbocycles. The van der Waals surface area contributed by atoms with Gasteiger partial charge in [0.05, 0.1) is 5.60 Å². The summed E-state index contributed by atoms with van der Waals surface area (Å²) in [7, 11) is 0. The van der Waals surface area contributed by atoms with Crippen LogP contribution in [0.2, 0.25) is 0 Å². The van der Waals surface area contributed by atoms with E-state index in [-0.39, 0.29) is 0 Å². The molecule has 1 saturated carbocycles. The minimum absolute atomic E-state index is 0.312. The summed E-state index contributed by atoms with van der Waals surface area (Å²) in [4.78, 5) is 0. The van der Waals surface area contributed by atoms with E-state index >= 15 is 0 Å². The molecule has 60 valence electrons. The van der Waals surface area contributed by atoms with Gasteiger partial charge >= 0.3 is 0 Å². The summed E-state index contributed by atoms with van der Waals surface area (Å²) in [5.74, 6) is 0. The summed E-state index contributed by atoms with van der Waals surface area (Å²) in [6, 6.07) is 0. The molecule has 0 spiro atoms. The SMILES string of the molecule is ONCC1(O)CCCCC1. The molecule has 0 unspecified atom stereocenters. The van der Waals surface area contributed by atoms with Gasteiger partial charge in [0.25, 0.3) is 0 Å². The first kappa shape index (κ1) is 7.98. The number of hydroxylamine groups is 1. The van der Waals surface area contributed by atoms with E-state index < -0.39 is 5.60 Å². The molecule has 0 heterocycles. The third-order valence-corrected chi connectivity index (χ3v) is 2.19. The zero-order valence-corrected chi connectivity index (χ0v) is 6.14. The van der Waals surface area contributed by atoms with E-state index in [2.05, 4.69) is 0 Å². The Morgan fingerprint density at radius 3 is 2.30 bits per heavy atom. The Labute approximate surface area is 61.0 Å². The molecule has 0 aromatic heterocycles. The van der Waals surface area contributed by atoms with Crippen LogP contribution < -0.4 is 5.48 Å². The molecule has 0 aliphatic heterocycles. The van der Waals surface area contributed by atoms with Crippen molar-refractivity contribution in [1.29, 1.82) is 0 Å². The molecule has 0 saturated heterocycles. The van der Waals surface area contributed by atoms with Crippen molar-refractivity contribution in [3.63, 3.8) is 0 Å². The Morgan fingerprint density at radius 1 is 1.20 bits per heavy atom. The third kappa shape index (κ3) is 1.94. The van der Waals surface area contributed by atoms with Gasteiger partial charge in [-0.05, 0) is 12.8 Å². The molecule has 3 nitrogen and oxygen atoms in total. The molecule has 3 heteroatoms. The first-order valence-electron chi connectivity index (χ1n) is 3.86. The van der Waals surface area contributed by atoms with Crippen LogP contribution in [0, 0.1) is 0 Å². The first-order valence-corrected chi connectivity index (χ1v) is 3.86. The molecule has 0 bridgehead atoms. The Balaban J connectivity index is 2.32. The molecule has 0 radical (unpaired) electrons. The number of nitrogens with one attached hydrogen (secondary N) is 1. The van der Waals surface area contributed by atoms with Gasteiger partial charge in [0.2, 0.25) is 0 Å². The average Bonchev–Trinajstić information content (AvgIpc) is 1.89. The minimum Gasteiger partial charge on any atom is -0.388 e. The van der Waals surface area contributed by atoms with Crippen LogP contribution in [-0.2, 0) is 0 Å². The van der Waals surface area contributed by atoms with Gasteiger partial charge in [-0.15, -0.1) is 0 Å². The lowest BCUT2D eigenvalue weighted by Crippen LogP contribution is -2.41. The maximum atomic E-state index is 9.65. The van der Waals surface area contributed by atoms with Crippen LogP contribution in [0.25, 0.3) is 0 Å². The van der Waals surface area contributed by atoms with Gasteiger partial charge in [0.1, 0.15) is 0 Å². The monoisotopic (exact) mass is 145 g/mol. The summed E-state index contributed by atoms with van der Waals surface area (Å²) < 4.78 is 0. The Hall–Kier alpha value is -0.120. The highest BCUT2D eigenvalue weighted by atomic mass is 16.5. The molecule has 10 heavy (non-hydrogen) atoms. The lowest BCUT2D eigenvalue weighted by Gasteiger charge is -2.31. The van der Waals surface area contributed by atoms with Gasteiger partial charge in [-0.3, -0.25) is 0 Å². The Bertz CT molecular complexity index is 94.3. The lowest BCUT2D eigenvalue weighted by atomic mass is 9.85. The number of rotatable bonds is 2. The van der Waals surface area contributed by atoms with Gasteiger partial charge in [0.15, 0.2) is 0 Å². The second-order valence-corrected chi connectivity index (χ2v) is 3.12. The Kier molecular flexibility index (Phi) is 2.65. The summed E-state index contributed by atoms with van der Waals surface area (Å²) >= 11 is 0. The van der Waals surface area contributed by atoms with E-state index in [4.69, 9.17) is 5.21 Å². The number of hydrogen-bond donors (Lipinski definition) is 3. The van der Waals surface area contributed by atoms with E-state index in [0.717, 1.165) is 25.7 Å². The predicted octanol–water partition coefficient (Wildman–Crippen LogP) is 0.660. The molecular weight excluding hydrogens is 130 g/mol. The summed E-state index contributed by atoms with van der Waals surface area (Å²) in [6.45, 7) is 0.312. The van der Waals surface area contributed by atoms with E-state index in [0.29, 0.717) is 6.54 Å². The van der Waals surface area contributed by atoms with Crippen molar-refractivity contribution in [1.82, 2.24) is 5.48 Å². The summed E-state index contributed by atoms with van der Waals surface area (Å²) in [5.41, 5.74) is 1.40. The predicted molar refractivity (Wildman–Crippen MR) is 37.8 cm³/mol. The van der Waals surface area contributed by atoms with E-state index in [9.17, 15) is 5.11 Å². The van der Waals surface area contributed by atoms with Gasteiger partial charge in [-0.2, -0.15) is 0 Å². The van der Waals surface area contributed by atoms with Gasteiger partial charge in [-0.1, -0.05) is 19.3 Å². The molecule has 3 N–H and O–H groups in total. The van der Waals surface area contributed by atoms with Gasteiger partial charge in [0, 0.05) is 6.54 Å². The highest BCUT2D eigenvalue weighted by Crippen LogP contribution is 2.26. The van der Waals surface area contributed by atoms with Crippen molar-refractivity contribution in [2.75, 3.05) is 6.54 Å². The lowest BCUT2D eigenvalue weighted by molar-refractivity contribution is -0.0243. The molecule has 1 fully saturated rings. The van der Waals surface area contributed by atoms with Crippen molar-refractivity contribution in [3.05, 3.63) is 0 Å². The van der Waals surface area contributed by atoms with E-state index in [1.807, 2.05) is 5.48 Å². The smallest absolute Gasteiger partial charge is 0.0794 e. The minimum atomic E-state index is -0.632. The molecule has 0 amide bonds. The molecule has 0 aromatic rings. The van der Waals surface area contributed by atoms with Crippen LogP contribution >= 0.6 is 0 Å². The second-order valence-electron chi connectivity index (χ2n) is 3.12. The van der Waals surface area contributed by atoms with Crippen molar-refractivity contribution in [2.45, 2.75) is 37.7 Å². The van der Waals surface area contributed by atoms with Crippen LogP contribution in [0.1, 0.15) is 32.1 Å². The summed E-state index contributed by atoms with van der Waals surface area (Å²) in [5, 5.41) is 18.0. The van der Waals surface area contributed by atoms with Crippen LogP contribution in [0.15, 0.2) is 0 Å². The standard InChI is InChI=1S/C7H15NO2/c9-7(6-8-10)4-2-1-3-5-7/h8-10H,1-6H2. The van der Waals surface area contributed by atoms with Crippen molar-refractivity contribution in [2.24, 2.45) is 0 Å². The van der Waals surface area contributed by atoms with E-state index in [1.54, 1.807) is 0 Å². The second kappa shape index (κ2) is 3.32. The maximum absolute atomic E-state index is 9.65. The average molecular weight is 145 g/mol. The molecule has 0 atom stereocenters. The van der Waals surface area contributed by atoms with Crippen LogP contribution in [-0.4, -0.2) is 22.5 Å². The van der Waals surface area contributed by atoms with Crippen molar-refractivity contribution in [3.8, 4) is 0 Å². The quantitative estimate of drug-likeness (QED) is 0.500. The van der Waals surface area contributed by atoms with Crippen molar-refractivity contribution < 1.29 is 10.3 Å². The normalized spacial score (nSPS) is 24.6.